The molecule has 17 heavy (non-hydrogen) atoms. The van der Waals surface area contributed by atoms with Crippen LogP contribution in [0.15, 0.2) is 29.2 Å². The van der Waals surface area contributed by atoms with Crippen LogP contribution in [-0.4, -0.2) is 22.3 Å². The van der Waals surface area contributed by atoms with Gasteiger partial charge in [0, 0.05) is 7.11 Å². The Balaban J connectivity index is 3.08. The van der Waals surface area contributed by atoms with Crippen molar-refractivity contribution in [3.63, 3.8) is 0 Å². The van der Waals surface area contributed by atoms with Crippen molar-refractivity contribution in [1.82, 2.24) is 4.72 Å². The fourth-order valence-electron chi connectivity index (χ4n) is 1.06. The predicted molar refractivity (Wildman–Crippen MR) is 53.6 cm³/mol. The Morgan fingerprint density at radius 3 is 2.53 bits per heavy atom. The highest BCUT2D eigenvalue weighted by molar-refractivity contribution is 7.89. The van der Waals surface area contributed by atoms with Crippen LogP contribution in [0, 0.1) is 0 Å². The zero-order valence-electron chi connectivity index (χ0n) is 8.78. The van der Waals surface area contributed by atoms with Gasteiger partial charge in [0.25, 0.3) is 0 Å². The Bertz CT molecular complexity index is 485. The van der Waals surface area contributed by atoms with Gasteiger partial charge in [-0.15, -0.1) is 0 Å². The zero-order valence-corrected chi connectivity index (χ0v) is 9.60. The van der Waals surface area contributed by atoms with Crippen molar-refractivity contribution in [3.05, 3.63) is 29.8 Å². The van der Waals surface area contributed by atoms with Gasteiger partial charge < -0.3 is 4.74 Å². The lowest BCUT2D eigenvalue weighted by molar-refractivity contribution is -0.137. The summed E-state index contributed by atoms with van der Waals surface area (Å²) in [4.78, 5) is -0.454. The van der Waals surface area contributed by atoms with E-state index in [1.165, 1.54) is 7.11 Å². The highest BCUT2D eigenvalue weighted by atomic mass is 32.2. The summed E-state index contributed by atoms with van der Waals surface area (Å²) in [5.41, 5.74) is -1.02. The molecule has 0 saturated heterocycles. The molecular weight excluding hydrogens is 259 g/mol. The van der Waals surface area contributed by atoms with Crippen molar-refractivity contribution >= 4 is 10.0 Å². The third-order valence-electron chi connectivity index (χ3n) is 1.86. The third-order valence-corrected chi connectivity index (χ3v) is 3.24. The van der Waals surface area contributed by atoms with Crippen LogP contribution in [0.2, 0.25) is 0 Å². The lowest BCUT2D eigenvalue weighted by Gasteiger charge is -2.09. The summed E-state index contributed by atoms with van der Waals surface area (Å²) in [6.07, 6.45) is -4.58. The van der Waals surface area contributed by atoms with E-state index in [2.05, 4.69) is 4.74 Å². The maximum atomic E-state index is 12.4. The molecule has 0 saturated carbocycles. The van der Waals surface area contributed by atoms with Crippen LogP contribution in [0.25, 0.3) is 0 Å². The number of benzene rings is 1. The molecule has 96 valence electrons. The Kier molecular flexibility index (Phi) is 4.12. The minimum absolute atomic E-state index is 0.307. The molecule has 0 fully saturated rings. The molecule has 0 spiro atoms. The number of hydrogen-bond acceptors (Lipinski definition) is 3. The molecule has 1 rings (SSSR count). The number of ether oxygens (including phenoxy) is 1. The number of alkyl halides is 3. The van der Waals surface area contributed by atoms with Gasteiger partial charge in [-0.3, -0.25) is 0 Å². The normalized spacial score (nSPS) is 12.7. The molecule has 8 heteroatoms. The summed E-state index contributed by atoms with van der Waals surface area (Å²) in [7, 11) is -2.72. The number of rotatable bonds is 4. The van der Waals surface area contributed by atoms with Crippen LogP contribution in [0.5, 0.6) is 0 Å². The van der Waals surface area contributed by atoms with E-state index < -0.39 is 26.7 Å². The fraction of sp³-hybridized carbons (Fsp3) is 0.333. The summed E-state index contributed by atoms with van der Waals surface area (Å²) in [5.74, 6) is 0. The highest BCUT2D eigenvalue weighted by Crippen LogP contribution is 2.30. The Morgan fingerprint density at radius 2 is 2.00 bits per heavy atom. The predicted octanol–water partition coefficient (Wildman–Crippen LogP) is 1.59. The number of halogens is 3. The summed E-state index contributed by atoms with van der Waals surface area (Å²) in [6.45, 7) is -0.307. The molecular formula is C9H10F3NO3S. The molecule has 0 aliphatic carbocycles. The summed E-state index contributed by atoms with van der Waals surface area (Å²) in [5, 5.41) is 0. The average molecular weight is 269 g/mol. The van der Waals surface area contributed by atoms with Gasteiger partial charge in [0.1, 0.15) is 6.73 Å². The molecule has 0 aromatic heterocycles. The number of nitrogens with one attached hydrogen (secondary N) is 1. The molecule has 0 aliphatic heterocycles. The first-order valence-corrected chi connectivity index (χ1v) is 5.91. The molecule has 4 nitrogen and oxygen atoms in total. The van der Waals surface area contributed by atoms with Gasteiger partial charge in [-0.05, 0) is 18.2 Å². The molecule has 1 aromatic rings. The molecule has 0 radical (unpaired) electrons. The summed E-state index contributed by atoms with van der Waals surface area (Å²) in [6, 6.07) is 3.48. The topological polar surface area (TPSA) is 55.4 Å². The van der Waals surface area contributed by atoms with Crippen molar-refractivity contribution in [1.29, 1.82) is 0 Å². The van der Waals surface area contributed by atoms with Crippen molar-refractivity contribution in [2.24, 2.45) is 0 Å². The monoisotopic (exact) mass is 269 g/mol. The zero-order chi connectivity index (χ0) is 13.1. The minimum Gasteiger partial charge on any atom is -0.369 e. The molecule has 1 aromatic carbocycles. The van der Waals surface area contributed by atoms with E-state index in [1.54, 1.807) is 0 Å². The standard InChI is InChI=1S/C9H10F3NO3S/c1-16-6-13-17(14,15)8-4-2-3-7(5-8)9(10,11)12/h2-5,13H,6H2,1H3. The van der Waals surface area contributed by atoms with E-state index in [-0.39, 0.29) is 6.73 Å². The lowest BCUT2D eigenvalue weighted by Crippen LogP contribution is -2.26. The fourth-order valence-corrected chi connectivity index (χ4v) is 2.04. The number of hydrogen-bond donors (Lipinski definition) is 1. The molecule has 0 aliphatic rings. The lowest BCUT2D eigenvalue weighted by atomic mass is 10.2. The molecule has 0 atom stereocenters. The Hall–Kier alpha value is -1.12. The van der Waals surface area contributed by atoms with Crippen molar-refractivity contribution in [2.75, 3.05) is 13.8 Å². The molecule has 0 bridgehead atoms. The number of methoxy groups -OCH3 is 1. The molecule has 0 unspecified atom stereocenters. The van der Waals surface area contributed by atoms with Gasteiger partial charge in [-0.25, -0.2) is 8.42 Å². The van der Waals surface area contributed by atoms with E-state index in [9.17, 15) is 21.6 Å². The maximum Gasteiger partial charge on any atom is 0.416 e. The second kappa shape index (κ2) is 5.03. The van der Waals surface area contributed by atoms with Crippen molar-refractivity contribution in [3.8, 4) is 0 Å². The van der Waals surface area contributed by atoms with Gasteiger partial charge in [-0.1, -0.05) is 6.07 Å². The van der Waals surface area contributed by atoms with Crippen molar-refractivity contribution < 1.29 is 26.3 Å². The Morgan fingerprint density at radius 1 is 1.35 bits per heavy atom. The summed E-state index contributed by atoms with van der Waals surface area (Å²) >= 11 is 0. The van der Waals surface area contributed by atoms with E-state index in [0.717, 1.165) is 18.2 Å². The molecule has 0 amide bonds. The van der Waals surface area contributed by atoms with Crippen LogP contribution in [-0.2, 0) is 20.9 Å². The SMILES string of the molecule is COCNS(=O)(=O)c1cccc(C(F)(F)F)c1. The largest absolute Gasteiger partial charge is 0.416 e. The Labute approximate surface area is 96.4 Å². The van der Waals surface area contributed by atoms with E-state index in [1.807, 2.05) is 4.72 Å². The van der Waals surface area contributed by atoms with E-state index in [0.29, 0.717) is 6.07 Å². The number of sulfonamides is 1. The second-order valence-corrected chi connectivity index (χ2v) is 4.87. The summed E-state index contributed by atoms with van der Waals surface area (Å²) < 4.78 is 66.6. The van der Waals surface area contributed by atoms with Gasteiger partial charge in [0.2, 0.25) is 10.0 Å². The smallest absolute Gasteiger partial charge is 0.369 e. The van der Waals surface area contributed by atoms with Crippen LogP contribution in [0.4, 0.5) is 13.2 Å². The van der Waals surface area contributed by atoms with Crippen molar-refractivity contribution in [2.45, 2.75) is 11.1 Å². The molecule has 1 N–H and O–H groups in total. The maximum absolute atomic E-state index is 12.4. The first-order chi connectivity index (χ1) is 7.77. The quantitative estimate of drug-likeness (QED) is 0.844. The van der Waals surface area contributed by atoms with Crippen LogP contribution < -0.4 is 4.72 Å². The van der Waals surface area contributed by atoms with Gasteiger partial charge in [0.15, 0.2) is 0 Å². The van der Waals surface area contributed by atoms with Crippen LogP contribution in [0.1, 0.15) is 5.56 Å². The van der Waals surface area contributed by atoms with Gasteiger partial charge in [0.05, 0.1) is 10.5 Å². The molecule has 0 heterocycles. The van der Waals surface area contributed by atoms with Gasteiger partial charge in [-0.2, -0.15) is 17.9 Å². The third kappa shape index (κ3) is 3.69. The first-order valence-electron chi connectivity index (χ1n) is 4.43. The van der Waals surface area contributed by atoms with E-state index >= 15 is 0 Å². The van der Waals surface area contributed by atoms with Gasteiger partial charge >= 0.3 is 6.18 Å². The van der Waals surface area contributed by atoms with E-state index in [4.69, 9.17) is 0 Å². The van der Waals surface area contributed by atoms with Crippen LogP contribution >= 0.6 is 0 Å². The first kappa shape index (κ1) is 13.9. The second-order valence-electron chi connectivity index (χ2n) is 3.11. The highest BCUT2D eigenvalue weighted by Gasteiger charge is 2.31. The average Bonchev–Trinajstić information content (AvgIpc) is 2.25. The minimum atomic E-state index is -4.58. The van der Waals surface area contributed by atoms with Crippen LogP contribution in [0.3, 0.4) is 0 Å².